The lowest BCUT2D eigenvalue weighted by atomic mass is 10.2. The van der Waals surface area contributed by atoms with Crippen molar-refractivity contribution >= 4 is 0 Å². The summed E-state index contributed by atoms with van der Waals surface area (Å²) in [5, 5.41) is 2.95. The highest BCUT2D eigenvalue weighted by Crippen LogP contribution is 2.22. The number of halogens is 4. The van der Waals surface area contributed by atoms with E-state index >= 15 is 0 Å². The van der Waals surface area contributed by atoms with Gasteiger partial charge in [0.1, 0.15) is 0 Å². The summed E-state index contributed by atoms with van der Waals surface area (Å²) in [5.41, 5.74) is 0.377. The first-order chi connectivity index (χ1) is 8.94. The minimum absolute atomic E-state index is 0.214. The Labute approximate surface area is 109 Å². The molecule has 1 aromatic heterocycles. The molecule has 7 heteroatoms. The summed E-state index contributed by atoms with van der Waals surface area (Å²) in [5.74, 6) is -0.881. The molecule has 0 atom stereocenters. The number of aromatic nitrogens is 1. The standard InChI is InChI=1S/C12H16F4N2O/c1-2-17-8-9-4-6-18-11(10(9)13)19-7-3-5-12(14,15)16/h4,6,17H,2-3,5,7-8H2,1H3. The van der Waals surface area contributed by atoms with Crippen LogP contribution in [0.2, 0.25) is 0 Å². The molecule has 0 amide bonds. The maximum atomic E-state index is 13.8. The van der Waals surface area contributed by atoms with E-state index in [1.165, 1.54) is 12.3 Å². The molecular formula is C12H16F4N2O. The SMILES string of the molecule is CCNCc1ccnc(OCCCC(F)(F)F)c1F. The van der Waals surface area contributed by atoms with Crippen LogP contribution in [0, 0.1) is 5.82 Å². The molecule has 0 aromatic carbocycles. The number of hydrogen-bond acceptors (Lipinski definition) is 3. The molecule has 0 unspecified atom stereocenters. The largest absolute Gasteiger partial charge is 0.476 e. The van der Waals surface area contributed by atoms with Crippen LogP contribution in [0.5, 0.6) is 5.88 Å². The van der Waals surface area contributed by atoms with Crippen LogP contribution in [0.4, 0.5) is 17.6 Å². The first-order valence-electron chi connectivity index (χ1n) is 5.97. The van der Waals surface area contributed by atoms with E-state index in [-0.39, 0.29) is 18.9 Å². The van der Waals surface area contributed by atoms with Gasteiger partial charge in [0.2, 0.25) is 0 Å². The molecule has 1 heterocycles. The molecule has 0 radical (unpaired) electrons. The second kappa shape index (κ2) is 7.28. The lowest BCUT2D eigenvalue weighted by Crippen LogP contribution is -2.14. The lowest BCUT2D eigenvalue weighted by molar-refractivity contribution is -0.136. The van der Waals surface area contributed by atoms with Gasteiger partial charge in [-0.1, -0.05) is 6.92 Å². The van der Waals surface area contributed by atoms with Gasteiger partial charge in [0.15, 0.2) is 5.82 Å². The highest BCUT2D eigenvalue weighted by molar-refractivity contribution is 5.23. The number of pyridine rings is 1. The summed E-state index contributed by atoms with van der Waals surface area (Å²) >= 11 is 0. The van der Waals surface area contributed by atoms with Crippen molar-refractivity contribution in [1.82, 2.24) is 10.3 Å². The third kappa shape index (κ3) is 5.87. The van der Waals surface area contributed by atoms with Crippen LogP contribution >= 0.6 is 0 Å². The zero-order chi connectivity index (χ0) is 14.3. The Bertz CT molecular complexity index is 396. The van der Waals surface area contributed by atoms with Gasteiger partial charge in [-0.05, 0) is 19.0 Å². The van der Waals surface area contributed by atoms with Gasteiger partial charge in [0.25, 0.3) is 5.88 Å². The van der Waals surface area contributed by atoms with Crippen LogP contribution in [0.3, 0.4) is 0 Å². The van der Waals surface area contributed by atoms with Crippen molar-refractivity contribution in [3.8, 4) is 5.88 Å². The number of rotatable bonds is 7. The maximum absolute atomic E-state index is 13.8. The zero-order valence-corrected chi connectivity index (χ0v) is 10.6. The molecule has 0 saturated carbocycles. The number of hydrogen-bond donors (Lipinski definition) is 1. The number of nitrogens with one attached hydrogen (secondary N) is 1. The average molecular weight is 280 g/mol. The Kier molecular flexibility index (Phi) is 6.01. The van der Waals surface area contributed by atoms with Gasteiger partial charge in [0, 0.05) is 24.7 Å². The molecule has 3 nitrogen and oxygen atoms in total. The Morgan fingerprint density at radius 2 is 2.11 bits per heavy atom. The maximum Gasteiger partial charge on any atom is 0.389 e. The van der Waals surface area contributed by atoms with Crippen LogP contribution in [0.25, 0.3) is 0 Å². The summed E-state index contributed by atoms with van der Waals surface area (Å²) < 4.78 is 54.5. The van der Waals surface area contributed by atoms with Crippen LogP contribution in [-0.2, 0) is 6.54 Å². The predicted octanol–water partition coefficient (Wildman–Crippen LogP) is 3.05. The van der Waals surface area contributed by atoms with E-state index < -0.39 is 18.4 Å². The second-order valence-corrected chi connectivity index (χ2v) is 3.94. The summed E-state index contributed by atoms with van der Waals surface area (Å²) in [6.45, 7) is 2.68. The summed E-state index contributed by atoms with van der Waals surface area (Å²) in [6.07, 6.45) is -4.02. The zero-order valence-electron chi connectivity index (χ0n) is 10.6. The fourth-order valence-electron chi connectivity index (χ4n) is 1.40. The van der Waals surface area contributed by atoms with Crippen molar-refractivity contribution in [2.24, 2.45) is 0 Å². The quantitative estimate of drug-likeness (QED) is 0.615. The topological polar surface area (TPSA) is 34.2 Å². The lowest BCUT2D eigenvalue weighted by Gasteiger charge is -2.10. The van der Waals surface area contributed by atoms with Gasteiger partial charge in [-0.3, -0.25) is 0 Å². The second-order valence-electron chi connectivity index (χ2n) is 3.94. The Hall–Kier alpha value is -1.37. The van der Waals surface area contributed by atoms with E-state index in [9.17, 15) is 17.6 Å². The van der Waals surface area contributed by atoms with Crippen molar-refractivity contribution in [3.05, 3.63) is 23.6 Å². The van der Waals surface area contributed by atoms with Gasteiger partial charge in [-0.15, -0.1) is 0 Å². The van der Waals surface area contributed by atoms with Crippen LogP contribution in [0.15, 0.2) is 12.3 Å². The van der Waals surface area contributed by atoms with E-state index in [0.29, 0.717) is 18.7 Å². The Morgan fingerprint density at radius 1 is 1.37 bits per heavy atom. The van der Waals surface area contributed by atoms with Crippen molar-refractivity contribution in [1.29, 1.82) is 0 Å². The monoisotopic (exact) mass is 280 g/mol. The van der Waals surface area contributed by atoms with Crippen molar-refractivity contribution < 1.29 is 22.3 Å². The van der Waals surface area contributed by atoms with E-state index in [4.69, 9.17) is 4.74 Å². The summed E-state index contributed by atoms with van der Waals surface area (Å²) in [4.78, 5) is 3.67. The Balaban J connectivity index is 2.49. The fraction of sp³-hybridized carbons (Fsp3) is 0.583. The van der Waals surface area contributed by atoms with E-state index in [0.717, 1.165) is 0 Å². The van der Waals surface area contributed by atoms with Crippen molar-refractivity contribution in [2.75, 3.05) is 13.2 Å². The van der Waals surface area contributed by atoms with Crippen LogP contribution in [0.1, 0.15) is 25.3 Å². The summed E-state index contributed by atoms with van der Waals surface area (Å²) in [7, 11) is 0. The molecule has 19 heavy (non-hydrogen) atoms. The molecule has 1 rings (SSSR count). The number of ether oxygens (including phenoxy) is 1. The molecule has 1 N–H and O–H groups in total. The molecule has 0 aliphatic heterocycles. The van der Waals surface area contributed by atoms with Crippen molar-refractivity contribution in [2.45, 2.75) is 32.5 Å². The van der Waals surface area contributed by atoms with Gasteiger partial charge in [-0.25, -0.2) is 9.37 Å². The normalized spacial score (nSPS) is 11.6. The van der Waals surface area contributed by atoms with E-state index in [2.05, 4.69) is 10.3 Å². The first-order valence-corrected chi connectivity index (χ1v) is 5.97. The molecule has 0 bridgehead atoms. The molecular weight excluding hydrogens is 264 g/mol. The summed E-state index contributed by atoms with van der Waals surface area (Å²) in [6, 6.07) is 1.50. The molecule has 0 spiro atoms. The first kappa shape index (κ1) is 15.7. The highest BCUT2D eigenvalue weighted by atomic mass is 19.4. The number of nitrogens with zero attached hydrogens (tertiary/aromatic N) is 1. The third-order valence-electron chi connectivity index (χ3n) is 2.35. The fourth-order valence-corrected chi connectivity index (χ4v) is 1.40. The molecule has 0 saturated heterocycles. The molecule has 0 fully saturated rings. The number of alkyl halides is 3. The van der Waals surface area contributed by atoms with Gasteiger partial charge in [-0.2, -0.15) is 13.2 Å². The average Bonchev–Trinajstić information content (AvgIpc) is 2.33. The van der Waals surface area contributed by atoms with Crippen LogP contribution in [-0.4, -0.2) is 24.3 Å². The minimum Gasteiger partial charge on any atom is -0.476 e. The Morgan fingerprint density at radius 3 is 2.74 bits per heavy atom. The van der Waals surface area contributed by atoms with E-state index in [1.54, 1.807) is 0 Å². The highest BCUT2D eigenvalue weighted by Gasteiger charge is 2.26. The predicted molar refractivity (Wildman–Crippen MR) is 62.4 cm³/mol. The van der Waals surface area contributed by atoms with Gasteiger partial charge < -0.3 is 10.1 Å². The molecule has 1 aromatic rings. The van der Waals surface area contributed by atoms with Crippen LogP contribution < -0.4 is 10.1 Å². The molecule has 0 aliphatic rings. The molecule has 108 valence electrons. The minimum atomic E-state index is -4.22. The van der Waals surface area contributed by atoms with Crippen molar-refractivity contribution in [3.63, 3.8) is 0 Å². The third-order valence-corrected chi connectivity index (χ3v) is 2.35. The van der Waals surface area contributed by atoms with E-state index in [1.807, 2.05) is 6.92 Å². The van der Waals surface area contributed by atoms with Gasteiger partial charge in [0.05, 0.1) is 6.61 Å². The smallest absolute Gasteiger partial charge is 0.389 e. The molecule has 0 aliphatic carbocycles. The van der Waals surface area contributed by atoms with Gasteiger partial charge >= 0.3 is 6.18 Å².